The van der Waals surface area contributed by atoms with E-state index >= 15 is 0 Å². The number of carbonyl (C=O) groups excluding carboxylic acids is 13. The maximum absolute atomic E-state index is 12.9. The molecule has 0 bridgehead atoms. The van der Waals surface area contributed by atoms with Gasteiger partial charge in [-0.25, -0.2) is 0 Å². The number of thioether (sulfide) groups is 2. The summed E-state index contributed by atoms with van der Waals surface area (Å²) >= 11 is 14.8. The van der Waals surface area contributed by atoms with Crippen molar-refractivity contribution in [1.82, 2.24) is 0 Å². The molecule has 7 saturated carbocycles. The van der Waals surface area contributed by atoms with Crippen molar-refractivity contribution >= 4 is 147 Å². The van der Waals surface area contributed by atoms with Gasteiger partial charge in [0.25, 0.3) is 0 Å². The van der Waals surface area contributed by atoms with Gasteiger partial charge in [0.1, 0.15) is 6.29 Å². The number of halogens is 1. The first kappa shape index (κ1) is 141. The van der Waals surface area contributed by atoms with Gasteiger partial charge >= 0.3 is 53.4 Å². The van der Waals surface area contributed by atoms with Crippen molar-refractivity contribution in [2.45, 2.75) is 398 Å². The molecule has 0 spiro atoms. The number of amides is 3. The van der Waals surface area contributed by atoms with Gasteiger partial charge in [0.15, 0.2) is 43.5 Å². The number of rotatable bonds is 19. The molecule has 24 nitrogen and oxygen atoms in total. The summed E-state index contributed by atoms with van der Waals surface area (Å²) in [6, 6.07) is 3.65. The summed E-state index contributed by atoms with van der Waals surface area (Å²) < 4.78 is 15.1. The molecule has 0 saturated heterocycles. The fraction of sp³-hybridized carbons (Fsp3) is 0.716. The van der Waals surface area contributed by atoms with Crippen LogP contribution in [0.4, 0.5) is 0 Å². The van der Waals surface area contributed by atoms with Crippen LogP contribution in [0.3, 0.4) is 0 Å². The number of nitrogens with two attached hydrogens (primary N) is 3. The van der Waals surface area contributed by atoms with E-state index in [-0.39, 0.29) is 205 Å². The van der Waals surface area contributed by atoms with Gasteiger partial charge in [0, 0.05) is 98.4 Å². The Bertz CT molecular complexity index is 4910. The van der Waals surface area contributed by atoms with E-state index < -0.39 is 45.5 Å². The number of benzene rings is 1. The van der Waals surface area contributed by atoms with Crippen molar-refractivity contribution in [1.29, 1.82) is 0 Å². The number of carbonyl (C=O) groups is 13. The zero-order chi connectivity index (χ0) is 112. The second kappa shape index (κ2) is 59.3. The molecule has 1 aromatic carbocycles. The number of aliphatic hydroxyl groups is 5. The summed E-state index contributed by atoms with van der Waals surface area (Å²) in [6.45, 7) is 65.7. The summed E-state index contributed by atoms with van der Waals surface area (Å²) in [5, 5.41) is 45.2. The third-order valence-electron chi connectivity index (χ3n) is 34.6. The number of ether oxygens (including phenoxy) is 3. The first-order valence-corrected chi connectivity index (χ1v) is 55.2. The average Bonchev–Trinajstić information content (AvgIpc) is 0.695. The second-order valence-corrected chi connectivity index (χ2v) is 51.5. The molecular weight excluding hydrogens is 1990 g/mol. The molecule has 10 rings (SSSR count). The zero-order valence-corrected chi connectivity index (χ0v) is 103. The number of allylic oxidation sites excluding steroid dienone is 9. The van der Waals surface area contributed by atoms with E-state index in [0.29, 0.717) is 35.7 Å². The van der Waals surface area contributed by atoms with Crippen LogP contribution in [0.5, 0.6) is 11.5 Å². The summed E-state index contributed by atoms with van der Waals surface area (Å²) in [6.07, 6.45) is 36.9. The molecule has 19 atom stereocenters. The monoisotopic (exact) mass is 2180 g/mol. The minimum Gasteiger partial charge on any atom is -0.813 e. The van der Waals surface area contributed by atoms with Gasteiger partial charge in [0.2, 0.25) is 23.0 Å². The van der Waals surface area contributed by atoms with Crippen LogP contribution in [0, 0.1) is 118 Å². The van der Waals surface area contributed by atoms with Crippen LogP contribution in [0.15, 0.2) is 94.2 Å². The predicted octanol–water partition coefficient (Wildman–Crippen LogP) is 22.9. The van der Waals surface area contributed by atoms with Crippen LogP contribution in [-0.4, -0.2) is 118 Å². The molecule has 0 aromatic heterocycles. The number of hydrogen-bond donors (Lipinski definition) is 10. The maximum Gasteiger partial charge on any atom is 1.00 e. The Kier molecular flexibility index (Phi) is 56.9. The number of aldehydes is 1. The van der Waals surface area contributed by atoms with E-state index in [0.717, 1.165) is 189 Å². The van der Waals surface area contributed by atoms with E-state index in [4.69, 9.17) is 48.5 Å². The van der Waals surface area contributed by atoms with Crippen molar-refractivity contribution < 1.29 is 132 Å². The Morgan fingerprint density at radius 3 is 1.51 bits per heavy atom. The van der Waals surface area contributed by atoms with E-state index in [1.54, 1.807) is 45.9 Å². The molecular formula is C116H187ClN3NaO21S5. The van der Waals surface area contributed by atoms with Gasteiger partial charge in [-0.15, -0.1) is 25.3 Å². The number of thiol groups is 3. The second-order valence-electron chi connectivity index (χ2n) is 47.8. The molecule has 830 valence electrons. The maximum atomic E-state index is 12.9. The summed E-state index contributed by atoms with van der Waals surface area (Å²) in [5.41, 5.74) is 22.9. The van der Waals surface area contributed by atoms with Gasteiger partial charge in [-0.2, -0.15) is 0 Å². The van der Waals surface area contributed by atoms with Crippen molar-refractivity contribution in [3.63, 3.8) is 0 Å². The number of aliphatic hydroxyl groups excluding tert-OH is 5. The molecule has 7 fully saturated rings. The molecule has 9 aliphatic rings. The number of fused-ring (bicyclic) bond motifs is 10. The van der Waals surface area contributed by atoms with E-state index in [1.165, 1.54) is 63.2 Å². The zero-order valence-electron chi connectivity index (χ0n) is 95.8. The topological polar surface area (TPSA) is 429 Å². The van der Waals surface area contributed by atoms with Gasteiger partial charge in [-0.05, 0) is 323 Å². The molecule has 3 unspecified atom stereocenters. The normalized spacial score (nSPS) is 32.7. The van der Waals surface area contributed by atoms with Gasteiger partial charge in [-0.3, -0.25) is 62.3 Å². The molecule has 11 N–H and O–H groups in total. The van der Waals surface area contributed by atoms with Crippen molar-refractivity contribution in [2.24, 2.45) is 135 Å². The van der Waals surface area contributed by atoms with Crippen LogP contribution in [0.1, 0.15) is 399 Å². The first-order chi connectivity index (χ1) is 66.5. The summed E-state index contributed by atoms with van der Waals surface area (Å²) in [4.78, 5) is 148. The Morgan fingerprint density at radius 2 is 1.07 bits per heavy atom. The van der Waals surface area contributed by atoms with Crippen LogP contribution in [-0.2, 0) is 86.0 Å². The Hall–Kier alpha value is -5.73. The fourth-order valence-corrected chi connectivity index (χ4v) is 26.3. The van der Waals surface area contributed by atoms with Crippen LogP contribution >= 0.6 is 60.4 Å². The average molecular weight is 2180 g/mol. The fourth-order valence-electron chi connectivity index (χ4n) is 24.2. The third kappa shape index (κ3) is 37.3. The van der Waals surface area contributed by atoms with Crippen molar-refractivity contribution in [3.8, 4) is 11.5 Å². The molecule has 0 aliphatic heterocycles. The summed E-state index contributed by atoms with van der Waals surface area (Å²) in [5.74, 6) is -0.764. The smallest absolute Gasteiger partial charge is 0.813 e. The Morgan fingerprint density at radius 1 is 0.605 bits per heavy atom. The molecule has 147 heavy (non-hydrogen) atoms. The molecule has 0 heterocycles. The molecule has 9 aliphatic carbocycles. The minimum absolute atomic E-state index is 0. The Labute approximate surface area is 936 Å². The van der Waals surface area contributed by atoms with Gasteiger partial charge in [-0.1, -0.05) is 226 Å². The predicted molar refractivity (Wildman–Crippen MR) is 602 cm³/mol. The van der Waals surface area contributed by atoms with Crippen LogP contribution < -0.4 is 56.2 Å². The van der Waals surface area contributed by atoms with E-state index in [9.17, 15) is 77.6 Å². The molecule has 3 amide bonds. The summed E-state index contributed by atoms with van der Waals surface area (Å²) in [7, 11) is 1.00. The SMILES string of the molecule is C/C=C(C(=C/C=O)\[C@]1(C)CC[C@@]2(C)[C@@H]3C[C@](C)(C(N)=O)CC[C@]3(C)CC[C@]2(C)C1)/C(C)=C/O.CC(=O)OC(C)=O.CC(C)C(=O)Cl.CC(C)C(=O)S.CC(C)C(=O)S.CC1=C\C(SC(=O)C(C)C)CC2[C@](C)(/C=C/C(O)=C\1O)CC[C@@]1(C)C[C@](C)(CCC(C)(C)C(N)=O)CC[C@]21C.CCC(=O)SC1C=C2[C@@H](C)CC[C@@]3(C)CC[C@@](C)(C(N)=O)C[C@H]3[C@H](C)CC[C@@]2(C)c2cc(OC(C)=O)c(OC(C)=O)cc21.CCO.CO.[Na+].[SH-]. The standard InChI is InChI=1S/C35H49NO6S.C33H53NO4S.C29H45NO3.C4H7ClO.C4H6O3.2C4H8OS.C2H6O.CH4O.Na.H2S/c1-9-31(39)43-30-18-25-20(2)10-12-33(6)14-15-34(7,32(36)40)19-27(33)21(3)11-13-35(25,8)26-17-29(42-23(5)38)28(16-24(26)30)41-22(4)37;1-21(2)27(37)39-23-18-22(3)26(36)24(35)10-11-31(7)15-16-32(8)20-30(6,13-12-29(4,5)28(34)38)14-17-33(32,9)25(31)19-23;1-8-21(20(2)18-32)22(9-16-31)27(5)13-15-29(7)23-17-26(4,24(30)33)11-10-25(23,3)12-14-28(29,6)19-27;1-3(2)4(5)6;1-3(5)7-4(2)6;2*1-3(2)4(5)6;1-2-3;1-2;;/h16-18,20-21,27,30H,9-15,19H2,1-8H3,(H2,36,40);10-11,18,21,23,25,35-36H,12-17,19-20H2,1-9H3,(H2,34,38);8-9,16,18,23,32H,10-15,17,19H2,1-7H3,(H2,30,33);3H,1-2H3;1-2H3;2*3H,1-2H3,(H,5,6);3H,2H2,1H3;2H,1H3;;1H2/q;;;;;;;;;+1;/p-1/b;11-10+,22-18+,26-24-;20-18+,21-8-,22-9+;;;;;;;;/t20-,21+,27-,30?,33-,34+,35+;23?,25?,30-,31-,32+,33-;23-,25-,26-,27-,28-,29+;;;;;;;;/m011......../s1. The van der Waals surface area contributed by atoms with Gasteiger partial charge in [0.05, 0.1) is 11.5 Å². The van der Waals surface area contributed by atoms with Crippen molar-refractivity contribution in [3.05, 3.63) is 105 Å². The number of esters is 4. The molecule has 1 aromatic rings. The van der Waals surface area contributed by atoms with E-state index in [1.807, 2.05) is 101 Å². The largest absolute Gasteiger partial charge is 1.00 e. The Balaban J connectivity index is 0.00000190. The van der Waals surface area contributed by atoms with Gasteiger partial charge < -0.3 is 70.4 Å². The minimum atomic E-state index is -0.562. The molecule has 31 heteroatoms. The molecule has 0 radical (unpaired) electrons. The van der Waals surface area contributed by atoms with Crippen LogP contribution in [0.2, 0.25) is 0 Å². The number of primary amides is 3. The quantitative estimate of drug-likeness (QED) is 0.00500. The number of hydrogen-bond acceptors (Lipinski definition) is 24. The first-order valence-electron chi connectivity index (χ1n) is 52.1. The van der Waals surface area contributed by atoms with Crippen LogP contribution in [0.25, 0.3) is 0 Å². The third-order valence-corrected chi connectivity index (χ3v) is 38.6. The van der Waals surface area contributed by atoms with Crippen molar-refractivity contribution in [2.75, 3.05) is 13.7 Å². The van der Waals surface area contributed by atoms with E-state index in [2.05, 4.69) is 132 Å².